The Labute approximate surface area is 107 Å². The molecule has 0 radical (unpaired) electrons. The van der Waals surface area contributed by atoms with Gasteiger partial charge in [0, 0.05) is 12.3 Å². The van der Waals surface area contributed by atoms with E-state index in [-0.39, 0.29) is 0 Å². The van der Waals surface area contributed by atoms with Gasteiger partial charge in [-0.1, -0.05) is 19.1 Å². The summed E-state index contributed by atoms with van der Waals surface area (Å²) in [5.74, 6) is 1.83. The predicted molar refractivity (Wildman–Crippen MR) is 71.2 cm³/mol. The minimum absolute atomic E-state index is 0.389. The molecule has 1 aliphatic rings. The molecular formula is C13H14N2OS. The summed E-state index contributed by atoms with van der Waals surface area (Å²) in [7, 11) is 0. The summed E-state index contributed by atoms with van der Waals surface area (Å²) in [6.45, 7) is 2.94. The van der Waals surface area contributed by atoms with Gasteiger partial charge in [0.25, 0.3) is 0 Å². The van der Waals surface area contributed by atoms with Crippen LogP contribution in [0.3, 0.4) is 0 Å². The van der Waals surface area contributed by atoms with Crippen LogP contribution >= 0.6 is 12.6 Å². The lowest BCUT2D eigenvalue weighted by Gasteiger charge is -2.18. The zero-order valence-corrected chi connectivity index (χ0v) is 10.6. The molecule has 0 amide bonds. The third kappa shape index (κ3) is 2.11. The Morgan fingerprint density at radius 1 is 1.47 bits per heavy atom. The maximum absolute atomic E-state index is 9.09. The van der Waals surface area contributed by atoms with Crippen molar-refractivity contribution in [1.29, 1.82) is 5.26 Å². The van der Waals surface area contributed by atoms with Crippen LogP contribution < -0.4 is 9.64 Å². The van der Waals surface area contributed by atoms with Crippen molar-refractivity contribution in [2.24, 2.45) is 0 Å². The molecule has 17 heavy (non-hydrogen) atoms. The maximum Gasteiger partial charge on any atom is 0.215 e. The Bertz CT molecular complexity index is 490. The highest BCUT2D eigenvalue weighted by Gasteiger charge is 2.27. The lowest BCUT2D eigenvalue weighted by Crippen LogP contribution is -2.22. The fraction of sp³-hybridized carbons (Fsp3) is 0.308. The van der Waals surface area contributed by atoms with E-state index in [2.05, 4.69) is 25.6 Å². The van der Waals surface area contributed by atoms with Gasteiger partial charge in [0.15, 0.2) is 5.75 Å². The van der Waals surface area contributed by atoms with Gasteiger partial charge in [-0.15, -0.1) is 0 Å². The smallest absolute Gasteiger partial charge is 0.215 e. The normalized spacial score (nSPS) is 16.2. The molecule has 1 heterocycles. The Hall–Kier alpha value is -1.60. The molecule has 1 aliphatic heterocycles. The quantitative estimate of drug-likeness (QED) is 0.658. The number of nitriles is 1. The summed E-state index contributed by atoms with van der Waals surface area (Å²) in [5.41, 5.74) is 1.59. The van der Waals surface area contributed by atoms with Crippen LogP contribution in [0.1, 0.15) is 13.3 Å². The van der Waals surface area contributed by atoms with E-state index >= 15 is 0 Å². The molecule has 0 aromatic heterocycles. The number of anilines is 1. The lowest BCUT2D eigenvalue weighted by atomic mass is 10.2. The van der Waals surface area contributed by atoms with Gasteiger partial charge in [0.2, 0.25) is 5.88 Å². The molecule has 0 saturated carbocycles. The number of ether oxygens (including phenoxy) is 1. The Balaban J connectivity index is 2.47. The molecule has 0 unspecified atom stereocenters. The largest absolute Gasteiger partial charge is 0.438 e. The number of hydrogen-bond donors (Lipinski definition) is 1. The molecule has 0 aliphatic carbocycles. The molecule has 0 saturated heterocycles. The van der Waals surface area contributed by atoms with E-state index in [1.807, 2.05) is 29.2 Å². The zero-order valence-electron chi connectivity index (χ0n) is 9.68. The van der Waals surface area contributed by atoms with Crippen LogP contribution in [-0.4, -0.2) is 12.3 Å². The number of hydrogen-bond acceptors (Lipinski definition) is 4. The van der Waals surface area contributed by atoms with Crippen LogP contribution in [-0.2, 0) is 0 Å². The van der Waals surface area contributed by atoms with E-state index in [1.54, 1.807) is 0 Å². The standard InChI is InChI=1S/C13H14N2OS/c1-2-7-15-11-5-3-4-6-12(11)16-13(15)10(8-14)9-17/h3-6,17H,2,7,9H2,1H3/b13-10-. The van der Waals surface area contributed by atoms with Gasteiger partial charge < -0.3 is 9.64 Å². The van der Waals surface area contributed by atoms with Gasteiger partial charge in [-0.05, 0) is 18.6 Å². The van der Waals surface area contributed by atoms with Crippen molar-refractivity contribution in [3.8, 4) is 11.8 Å². The number of rotatable bonds is 3. The second-order valence-electron chi connectivity index (χ2n) is 3.78. The molecule has 88 valence electrons. The molecule has 0 N–H and O–H groups in total. The van der Waals surface area contributed by atoms with E-state index in [9.17, 15) is 0 Å². The number of para-hydroxylation sites is 2. The van der Waals surface area contributed by atoms with Crippen molar-refractivity contribution in [1.82, 2.24) is 0 Å². The van der Waals surface area contributed by atoms with Gasteiger partial charge in [-0.2, -0.15) is 17.9 Å². The predicted octanol–water partition coefficient (Wildman–Crippen LogP) is 2.96. The minimum atomic E-state index is 0.389. The molecule has 0 atom stereocenters. The molecule has 1 aromatic rings. The van der Waals surface area contributed by atoms with Crippen LogP contribution in [0.4, 0.5) is 5.69 Å². The fourth-order valence-electron chi connectivity index (χ4n) is 1.86. The molecule has 4 heteroatoms. The number of benzene rings is 1. The SMILES string of the molecule is CCCN1/C(=C(\C#N)CS)Oc2ccccc21. The van der Waals surface area contributed by atoms with Crippen molar-refractivity contribution >= 4 is 18.3 Å². The van der Waals surface area contributed by atoms with E-state index in [0.717, 1.165) is 24.4 Å². The van der Waals surface area contributed by atoms with Crippen LogP contribution in [0.25, 0.3) is 0 Å². The first-order valence-corrected chi connectivity index (χ1v) is 6.23. The van der Waals surface area contributed by atoms with E-state index in [4.69, 9.17) is 10.00 Å². The van der Waals surface area contributed by atoms with Crippen molar-refractivity contribution in [3.05, 3.63) is 35.7 Å². The van der Waals surface area contributed by atoms with Crippen molar-refractivity contribution in [2.75, 3.05) is 17.2 Å². The fourth-order valence-corrected chi connectivity index (χ4v) is 2.06. The third-order valence-electron chi connectivity index (χ3n) is 2.61. The summed E-state index contributed by atoms with van der Waals surface area (Å²) >= 11 is 4.17. The summed E-state index contributed by atoms with van der Waals surface area (Å²) in [5, 5.41) is 9.09. The topological polar surface area (TPSA) is 36.3 Å². The first kappa shape index (κ1) is 11.9. The Morgan fingerprint density at radius 3 is 2.88 bits per heavy atom. The van der Waals surface area contributed by atoms with Gasteiger partial charge in [-0.25, -0.2) is 0 Å². The third-order valence-corrected chi connectivity index (χ3v) is 2.92. The van der Waals surface area contributed by atoms with Crippen LogP contribution in [0.2, 0.25) is 0 Å². The van der Waals surface area contributed by atoms with Gasteiger partial charge >= 0.3 is 0 Å². The van der Waals surface area contributed by atoms with Crippen LogP contribution in [0, 0.1) is 11.3 Å². The molecule has 3 nitrogen and oxygen atoms in total. The highest BCUT2D eigenvalue weighted by molar-refractivity contribution is 7.80. The summed E-state index contributed by atoms with van der Waals surface area (Å²) in [6.07, 6.45) is 0.993. The highest BCUT2D eigenvalue weighted by atomic mass is 32.1. The average molecular weight is 246 g/mol. The van der Waals surface area contributed by atoms with Crippen molar-refractivity contribution in [2.45, 2.75) is 13.3 Å². The number of fused-ring (bicyclic) bond motifs is 1. The van der Waals surface area contributed by atoms with Gasteiger partial charge in [-0.3, -0.25) is 0 Å². The molecule has 2 rings (SSSR count). The van der Waals surface area contributed by atoms with E-state index in [0.29, 0.717) is 17.2 Å². The van der Waals surface area contributed by atoms with Crippen molar-refractivity contribution < 1.29 is 4.74 Å². The van der Waals surface area contributed by atoms with Crippen LogP contribution in [0.15, 0.2) is 35.7 Å². The lowest BCUT2D eigenvalue weighted by molar-refractivity contribution is 0.433. The monoisotopic (exact) mass is 246 g/mol. The van der Waals surface area contributed by atoms with E-state index < -0.39 is 0 Å². The Morgan fingerprint density at radius 2 is 2.24 bits per heavy atom. The molecule has 0 bridgehead atoms. The molecular weight excluding hydrogens is 232 g/mol. The summed E-state index contributed by atoms with van der Waals surface area (Å²) < 4.78 is 5.75. The van der Waals surface area contributed by atoms with E-state index in [1.165, 1.54) is 0 Å². The second kappa shape index (κ2) is 5.15. The summed E-state index contributed by atoms with van der Waals surface area (Å²) in [4.78, 5) is 2.05. The molecule has 0 fully saturated rings. The molecule has 1 aromatic carbocycles. The first-order valence-electron chi connectivity index (χ1n) is 5.60. The van der Waals surface area contributed by atoms with Gasteiger partial charge in [0.05, 0.1) is 11.3 Å². The highest BCUT2D eigenvalue weighted by Crippen LogP contribution is 2.39. The average Bonchev–Trinajstić information content (AvgIpc) is 2.71. The zero-order chi connectivity index (χ0) is 12.3. The van der Waals surface area contributed by atoms with Crippen molar-refractivity contribution in [3.63, 3.8) is 0 Å². The minimum Gasteiger partial charge on any atom is -0.438 e. The Kier molecular flexibility index (Phi) is 3.60. The summed E-state index contributed by atoms with van der Waals surface area (Å²) in [6, 6.07) is 9.98. The number of nitrogens with zero attached hydrogens (tertiary/aromatic N) is 2. The van der Waals surface area contributed by atoms with Gasteiger partial charge in [0.1, 0.15) is 6.07 Å². The number of thiol groups is 1. The van der Waals surface area contributed by atoms with Crippen LogP contribution in [0.5, 0.6) is 5.75 Å². The maximum atomic E-state index is 9.09. The first-order chi connectivity index (χ1) is 8.31. The second-order valence-corrected chi connectivity index (χ2v) is 4.09. The molecule has 0 spiro atoms.